The molecule has 6 heteroatoms. The van der Waals surface area contributed by atoms with Gasteiger partial charge in [-0.3, -0.25) is 9.59 Å². The van der Waals surface area contributed by atoms with Crippen LogP contribution in [0.15, 0.2) is 41.1 Å². The van der Waals surface area contributed by atoms with Crippen molar-refractivity contribution in [1.82, 2.24) is 14.4 Å². The minimum Gasteiger partial charge on any atom is -0.459 e. The van der Waals surface area contributed by atoms with Crippen LogP contribution in [0.3, 0.4) is 0 Å². The van der Waals surface area contributed by atoms with E-state index in [-0.39, 0.29) is 24.1 Å². The maximum atomic E-state index is 12.9. The van der Waals surface area contributed by atoms with Crippen LogP contribution in [0, 0.1) is 0 Å². The molecule has 0 radical (unpaired) electrons. The van der Waals surface area contributed by atoms with Gasteiger partial charge in [0, 0.05) is 31.5 Å². The normalized spacial score (nSPS) is 13.7. The Kier molecular flexibility index (Phi) is 5.26. The summed E-state index contributed by atoms with van der Waals surface area (Å²) in [5.41, 5.74) is 1.10. The lowest BCUT2D eigenvalue weighted by Crippen LogP contribution is -2.44. The second-order valence-corrected chi connectivity index (χ2v) is 6.57. The van der Waals surface area contributed by atoms with Gasteiger partial charge in [0.2, 0.25) is 5.91 Å². The maximum absolute atomic E-state index is 12.9. The van der Waals surface area contributed by atoms with Crippen LogP contribution in [0.2, 0.25) is 0 Å². The molecule has 1 fully saturated rings. The van der Waals surface area contributed by atoms with Crippen molar-refractivity contribution in [2.45, 2.75) is 38.8 Å². The van der Waals surface area contributed by atoms with Crippen molar-refractivity contribution in [1.29, 1.82) is 0 Å². The molecule has 6 nitrogen and oxygen atoms in total. The van der Waals surface area contributed by atoms with Crippen LogP contribution in [0.25, 0.3) is 0 Å². The summed E-state index contributed by atoms with van der Waals surface area (Å²) in [6.07, 6.45) is 6.33. The molecule has 2 amide bonds. The highest BCUT2D eigenvalue weighted by Crippen LogP contribution is 2.28. The third kappa shape index (κ3) is 4.13. The van der Waals surface area contributed by atoms with Crippen molar-refractivity contribution in [2.75, 3.05) is 13.1 Å². The molecule has 0 N–H and O–H groups in total. The molecule has 0 aromatic carbocycles. The Morgan fingerprint density at radius 2 is 2.08 bits per heavy atom. The lowest BCUT2D eigenvalue weighted by atomic mass is 10.3. The van der Waals surface area contributed by atoms with E-state index in [1.54, 1.807) is 17.0 Å². The molecule has 25 heavy (non-hydrogen) atoms. The molecule has 1 aliphatic rings. The van der Waals surface area contributed by atoms with E-state index in [0.29, 0.717) is 19.1 Å². The molecule has 0 spiro atoms. The summed E-state index contributed by atoms with van der Waals surface area (Å²) >= 11 is 0. The van der Waals surface area contributed by atoms with Crippen molar-refractivity contribution in [3.63, 3.8) is 0 Å². The van der Waals surface area contributed by atoms with E-state index in [1.807, 2.05) is 41.8 Å². The van der Waals surface area contributed by atoms with Gasteiger partial charge in [-0.2, -0.15) is 0 Å². The van der Waals surface area contributed by atoms with Crippen LogP contribution < -0.4 is 0 Å². The minimum atomic E-state index is -0.227. The van der Waals surface area contributed by atoms with Gasteiger partial charge in [-0.1, -0.05) is 6.92 Å². The van der Waals surface area contributed by atoms with E-state index in [4.69, 9.17) is 4.42 Å². The Labute approximate surface area is 148 Å². The fourth-order valence-corrected chi connectivity index (χ4v) is 2.97. The Bertz CT molecular complexity index is 716. The van der Waals surface area contributed by atoms with Crippen LogP contribution in [0.5, 0.6) is 0 Å². The van der Waals surface area contributed by atoms with E-state index < -0.39 is 0 Å². The summed E-state index contributed by atoms with van der Waals surface area (Å²) in [5.74, 6) is 0.0496. The molecule has 0 saturated heterocycles. The van der Waals surface area contributed by atoms with Gasteiger partial charge in [0.25, 0.3) is 5.91 Å². The van der Waals surface area contributed by atoms with Crippen molar-refractivity contribution in [3.8, 4) is 0 Å². The number of carbonyl (C=O) groups is 2. The number of rotatable bonds is 8. The van der Waals surface area contributed by atoms with Crippen LogP contribution >= 0.6 is 0 Å². The lowest BCUT2D eigenvalue weighted by molar-refractivity contribution is -0.133. The van der Waals surface area contributed by atoms with Gasteiger partial charge in [-0.25, -0.2) is 0 Å². The molecule has 3 rings (SSSR count). The smallest absolute Gasteiger partial charge is 0.290 e. The average Bonchev–Trinajstić information content (AvgIpc) is 3.12. The predicted molar refractivity (Wildman–Crippen MR) is 93.9 cm³/mol. The number of aromatic nitrogens is 1. The molecule has 2 aromatic rings. The second-order valence-electron chi connectivity index (χ2n) is 6.57. The average molecular weight is 343 g/mol. The number of amides is 2. The van der Waals surface area contributed by atoms with Gasteiger partial charge in [-0.15, -0.1) is 0 Å². The molecular weight excluding hydrogens is 318 g/mol. The maximum Gasteiger partial charge on any atom is 0.290 e. The van der Waals surface area contributed by atoms with E-state index in [9.17, 15) is 9.59 Å². The zero-order chi connectivity index (χ0) is 17.8. The van der Waals surface area contributed by atoms with Crippen molar-refractivity contribution in [2.24, 2.45) is 7.05 Å². The number of nitrogens with zero attached hydrogens (tertiary/aromatic N) is 3. The molecule has 2 heterocycles. The summed E-state index contributed by atoms with van der Waals surface area (Å²) in [6, 6.07) is 7.63. The number of carbonyl (C=O) groups excluding carboxylic acids is 2. The van der Waals surface area contributed by atoms with Crippen LogP contribution in [-0.4, -0.2) is 45.3 Å². The molecule has 0 atom stereocenters. The number of hydrogen-bond acceptors (Lipinski definition) is 3. The van der Waals surface area contributed by atoms with Gasteiger partial charge >= 0.3 is 0 Å². The quantitative estimate of drug-likeness (QED) is 0.740. The van der Waals surface area contributed by atoms with Crippen molar-refractivity contribution in [3.05, 3.63) is 48.2 Å². The molecule has 1 saturated carbocycles. The topological polar surface area (TPSA) is 58.7 Å². The van der Waals surface area contributed by atoms with Gasteiger partial charge in [0.05, 0.1) is 12.8 Å². The third-order valence-corrected chi connectivity index (χ3v) is 4.53. The van der Waals surface area contributed by atoms with Gasteiger partial charge in [0.1, 0.15) is 6.54 Å². The van der Waals surface area contributed by atoms with Crippen LogP contribution in [-0.2, 0) is 18.4 Å². The lowest BCUT2D eigenvalue weighted by Gasteiger charge is -2.27. The highest BCUT2D eigenvalue weighted by atomic mass is 16.3. The largest absolute Gasteiger partial charge is 0.459 e. The molecule has 134 valence electrons. The van der Waals surface area contributed by atoms with Gasteiger partial charge in [-0.05, 0) is 43.5 Å². The number of hydrogen-bond donors (Lipinski definition) is 0. The molecular formula is C19H25N3O3. The van der Waals surface area contributed by atoms with Gasteiger partial charge < -0.3 is 18.8 Å². The third-order valence-electron chi connectivity index (χ3n) is 4.53. The minimum absolute atomic E-state index is 0.00273. The van der Waals surface area contributed by atoms with Crippen molar-refractivity contribution < 1.29 is 14.0 Å². The first-order valence-corrected chi connectivity index (χ1v) is 8.82. The highest BCUT2D eigenvalue weighted by molar-refractivity contribution is 5.94. The molecule has 0 bridgehead atoms. The predicted octanol–water partition coefficient (Wildman–Crippen LogP) is 2.66. The van der Waals surface area contributed by atoms with E-state index in [1.165, 1.54) is 6.26 Å². The standard InChI is InChI=1S/C19H25N3O3/c1-3-10-21(19(24)17-7-5-12-25-17)14-18(23)22(15-8-9-15)13-16-6-4-11-20(16)2/h4-7,11-12,15H,3,8-10,13-14H2,1-2H3. The summed E-state index contributed by atoms with van der Waals surface area (Å²) in [6.45, 7) is 3.21. The first kappa shape index (κ1) is 17.3. The Hall–Kier alpha value is -2.50. The Morgan fingerprint density at radius 1 is 1.28 bits per heavy atom. The molecule has 2 aromatic heterocycles. The Balaban J connectivity index is 1.70. The molecule has 0 unspecified atom stereocenters. The van der Waals surface area contributed by atoms with Crippen molar-refractivity contribution >= 4 is 11.8 Å². The SMILES string of the molecule is CCCN(CC(=O)N(Cc1cccn1C)C1CC1)C(=O)c1ccco1. The van der Waals surface area contributed by atoms with E-state index in [0.717, 1.165) is 25.0 Å². The first-order valence-electron chi connectivity index (χ1n) is 8.82. The fourth-order valence-electron chi connectivity index (χ4n) is 2.97. The second kappa shape index (κ2) is 7.59. The van der Waals surface area contributed by atoms with E-state index >= 15 is 0 Å². The number of furan rings is 1. The highest BCUT2D eigenvalue weighted by Gasteiger charge is 2.34. The van der Waals surface area contributed by atoms with Crippen LogP contribution in [0.1, 0.15) is 42.4 Å². The number of aryl methyl sites for hydroxylation is 1. The summed E-state index contributed by atoms with van der Waals surface area (Å²) in [7, 11) is 1.98. The first-order chi connectivity index (χ1) is 12.1. The zero-order valence-electron chi connectivity index (χ0n) is 14.9. The van der Waals surface area contributed by atoms with Crippen LogP contribution in [0.4, 0.5) is 0 Å². The Morgan fingerprint density at radius 3 is 2.64 bits per heavy atom. The van der Waals surface area contributed by atoms with E-state index in [2.05, 4.69) is 0 Å². The summed E-state index contributed by atoms with van der Waals surface area (Å²) in [4.78, 5) is 29.0. The molecule has 0 aliphatic heterocycles. The zero-order valence-corrected chi connectivity index (χ0v) is 14.9. The summed E-state index contributed by atoms with van der Waals surface area (Å²) in [5, 5.41) is 0. The fraction of sp³-hybridized carbons (Fsp3) is 0.474. The molecule has 1 aliphatic carbocycles. The summed E-state index contributed by atoms with van der Waals surface area (Å²) < 4.78 is 7.23. The van der Waals surface area contributed by atoms with Gasteiger partial charge in [0.15, 0.2) is 5.76 Å². The monoisotopic (exact) mass is 343 g/mol.